The largest absolute Gasteiger partial charge is 0.506 e. The van der Waals surface area contributed by atoms with Gasteiger partial charge in [-0.15, -0.1) is 0 Å². The van der Waals surface area contributed by atoms with E-state index in [0.29, 0.717) is 0 Å². The fraction of sp³-hybridized carbons (Fsp3) is 0.0769. The van der Waals surface area contributed by atoms with E-state index >= 15 is 0 Å². The lowest BCUT2D eigenvalue weighted by Gasteiger charge is -2.12. The topological polar surface area (TPSA) is 75.6 Å². The molecule has 0 saturated heterocycles. The summed E-state index contributed by atoms with van der Waals surface area (Å²) in [6, 6.07) is 10.3. The highest BCUT2D eigenvalue weighted by atomic mass is 35.5. The number of aromatic hydroxyl groups is 1. The van der Waals surface area contributed by atoms with Crippen molar-refractivity contribution in [3.05, 3.63) is 47.5 Å². The summed E-state index contributed by atoms with van der Waals surface area (Å²) in [5, 5.41) is 9.88. The van der Waals surface area contributed by atoms with Crippen LogP contribution in [0.3, 0.4) is 0 Å². The Morgan fingerprint density at radius 3 is 2.55 bits per heavy atom. The second-order valence-electron chi connectivity index (χ2n) is 3.92. The normalized spacial score (nSPS) is 11.1. The van der Waals surface area contributed by atoms with Crippen molar-refractivity contribution < 1.29 is 18.3 Å². The van der Waals surface area contributed by atoms with Crippen molar-refractivity contribution in [1.29, 1.82) is 0 Å². The summed E-state index contributed by atoms with van der Waals surface area (Å²) in [4.78, 5) is -0.101. The van der Waals surface area contributed by atoms with Gasteiger partial charge in [0.1, 0.15) is 16.4 Å². The fourth-order valence-electron chi connectivity index (χ4n) is 1.62. The van der Waals surface area contributed by atoms with Crippen LogP contribution in [0.1, 0.15) is 0 Å². The molecule has 0 fully saturated rings. The third-order valence-electron chi connectivity index (χ3n) is 2.56. The molecule has 2 aromatic carbocycles. The second kappa shape index (κ2) is 5.60. The number of nitrogens with one attached hydrogen (secondary N) is 1. The summed E-state index contributed by atoms with van der Waals surface area (Å²) < 4.78 is 32.0. The zero-order chi connectivity index (χ0) is 14.8. The summed E-state index contributed by atoms with van der Waals surface area (Å²) in [6.07, 6.45) is 0. The van der Waals surface area contributed by atoms with Crippen LogP contribution in [0.15, 0.2) is 47.4 Å². The second-order valence-corrected chi connectivity index (χ2v) is 6.01. The first kappa shape index (κ1) is 14.5. The molecule has 0 aliphatic carbocycles. The predicted octanol–water partition coefficient (Wildman–Crippen LogP) is 2.86. The van der Waals surface area contributed by atoms with Gasteiger partial charge in [-0.05, 0) is 30.3 Å². The smallest absolute Gasteiger partial charge is 0.265 e. The van der Waals surface area contributed by atoms with Gasteiger partial charge in [-0.1, -0.05) is 23.7 Å². The predicted molar refractivity (Wildman–Crippen MR) is 76.9 cm³/mol. The van der Waals surface area contributed by atoms with E-state index in [9.17, 15) is 13.5 Å². The molecule has 20 heavy (non-hydrogen) atoms. The maximum Gasteiger partial charge on any atom is 0.265 e. The van der Waals surface area contributed by atoms with E-state index in [1.54, 1.807) is 12.1 Å². The van der Waals surface area contributed by atoms with Crippen molar-refractivity contribution in [3.63, 3.8) is 0 Å². The van der Waals surface area contributed by atoms with Gasteiger partial charge in [0.15, 0.2) is 0 Å². The number of hydrogen-bond donors (Lipinski definition) is 2. The molecular formula is C13H12ClNO4S. The average molecular weight is 314 g/mol. The number of anilines is 1. The zero-order valence-electron chi connectivity index (χ0n) is 10.5. The Morgan fingerprint density at radius 2 is 1.90 bits per heavy atom. The van der Waals surface area contributed by atoms with Crippen molar-refractivity contribution in [2.75, 3.05) is 11.8 Å². The number of benzene rings is 2. The van der Waals surface area contributed by atoms with Gasteiger partial charge < -0.3 is 9.84 Å². The Morgan fingerprint density at radius 1 is 1.20 bits per heavy atom. The molecule has 0 unspecified atom stereocenters. The van der Waals surface area contributed by atoms with Crippen LogP contribution >= 0.6 is 11.6 Å². The van der Waals surface area contributed by atoms with Gasteiger partial charge in [-0.25, -0.2) is 8.42 Å². The summed E-state index contributed by atoms with van der Waals surface area (Å²) >= 11 is 5.82. The molecule has 0 heterocycles. The van der Waals surface area contributed by atoms with Gasteiger partial charge in [0.05, 0.1) is 12.8 Å². The summed E-state index contributed by atoms with van der Waals surface area (Å²) in [5.74, 6) is -0.00519. The van der Waals surface area contributed by atoms with E-state index < -0.39 is 10.0 Å². The van der Waals surface area contributed by atoms with Crippen LogP contribution in [-0.2, 0) is 10.0 Å². The Balaban J connectivity index is 2.46. The number of methoxy groups -OCH3 is 1. The van der Waals surface area contributed by atoms with Crippen molar-refractivity contribution in [3.8, 4) is 11.5 Å². The van der Waals surface area contributed by atoms with Crippen LogP contribution in [0.25, 0.3) is 0 Å². The first-order valence-electron chi connectivity index (χ1n) is 5.58. The zero-order valence-corrected chi connectivity index (χ0v) is 12.1. The number of hydrogen-bond acceptors (Lipinski definition) is 4. The first-order chi connectivity index (χ1) is 9.44. The van der Waals surface area contributed by atoms with Crippen molar-refractivity contribution >= 4 is 27.3 Å². The molecule has 0 radical (unpaired) electrons. The van der Waals surface area contributed by atoms with Crippen LogP contribution in [0.5, 0.6) is 11.5 Å². The Labute approximate surface area is 121 Å². The molecule has 0 aliphatic rings. The highest BCUT2D eigenvalue weighted by Crippen LogP contribution is 2.30. The lowest BCUT2D eigenvalue weighted by Crippen LogP contribution is -2.14. The molecule has 2 N–H and O–H groups in total. The molecule has 0 atom stereocenters. The molecule has 0 saturated carbocycles. The molecule has 0 aliphatic heterocycles. The van der Waals surface area contributed by atoms with Crippen molar-refractivity contribution in [1.82, 2.24) is 0 Å². The van der Waals surface area contributed by atoms with Crippen molar-refractivity contribution in [2.45, 2.75) is 4.90 Å². The number of phenols is 1. The monoisotopic (exact) mass is 313 g/mol. The number of rotatable bonds is 4. The minimum absolute atomic E-state index is 0.0783. The molecule has 0 spiro atoms. The fourth-order valence-corrected chi connectivity index (χ4v) is 3.13. The minimum Gasteiger partial charge on any atom is -0.506 e. The van der Waals surface area contributed by atoms with E-state index in [2.05, 4.69) is 4.72 Å². The Kier molecular flexibility index (Phi) is 4.06. The number of para-hydroxylation sites is 2. The molecule has 7 heteroatoms. The van der Waals surface area contributed by atoms with Gasteiger partial charge >= 0.3 is 0 Å². The van der Waals surface area contributed by atoms with Gasteiger partial charge in [-0.2, -0.15) is 0 Å². The summed E-state index contributed by atoms with van der Waals surface area (Å²) in [6.45, 7) is 0. The quantitative estimate of drug-likeness (QED) is 0.851. The van der Waals surface area contributed by atoms with E-state index in [1.807, 2.05) is 0 Å². The Bertz CT molecular complexity index is 731. The van der Waals surface area contributed by atoms with E-state index in [4.69, 9.17) is 16.3 Å². The van der Waals surface area contributed by atoms with Crippen LogP contribution in [0.2, 0.25) is 5.02 Å². The maximum atomic E-state index is 12.3. The average Bonchev–Trinajstić information content (AvgIpc) is 2.41. The SMILES string of the molecule is COc1ccc(Cl)cc1S(=O)(=O)Nc1ccccc1O. The molecule has 0 aromatic heterocycles. The third-order valence-corrected chi connectivity index (χ3v) is 4.19. The van der Waals surface area contributed by atoms with Gasteiger partial charge in [0.2, 0.25) is 0 Å². The molecular weight excluding hydrogens is 302 g/mol. The number of halogens is 1. The van der Waals surface area contributed by atoms with E-state index in [-0.39, 0.29) is 27.1 Å². The van der Waals surface area contributed by atoms with Crippen LogP contribution in [-0.4, -0.2) is 20.6 Å². The number of phenolic OH excluding ortho intramolecular Hbond substituents is 1. The Hall–Kier alpha value is -1.92. The first-order valence-corrected chi connectivity index (χ1v) is 7.44. The summed E-state index contributed by atoms with van der Waals surface area (Å²) in [7, 11) is -2.56. The van der Waals surface area contributed by atoms with Crippen LogP contribution < -0.4 is 9.46 Å². The summed E-state index contributed by atoms with van der Waals surface area (Å²) in [5.41, 5.74) is 0.0783. The van der Waals surface area contributed by atoms with Gasteiger partial charge in [0, 0.05) is 5.02 Å². The van der Waals surface area contributed by atoms with E-state index in [0.717, 1.165) is 0 Å². The third kappa shape index (κ3) is 2.97. The van der Waals surface area contributed by atoms with Crippen LogP contribution in [0.4, 0.5) is 5.69 Å². The molecule has 2 rings (SSSR count). The molecule has 2 aromatic rings. The highest BCUT2D eigenvalue weighted by Gasteiger charge is 2.21. The highest BCUT2D eigenvalue weighted by molar-refractivity contribution is 7.92. The van der Waals surface area contributed by atoms with Crippen molar-refractivity contribution in [2.24, 2.45) is 0 Å². The minimum atomic E-state index is -3.92. The lowest BCUT2D eigenvalue weighted by molar-refractivity contribution is 0.403. The number of sulfonamides is 1. The molecule has 5 nitrogen and oxygen atoms in total. The standard InChI is InChI=1S/C13H12ClNO4S/c1-19-12-7-6-9(14)8-13(12)20(17,18)15-10-4-2-3-5-11(10)16/h2-8,15-16H,1H3. The number of ether oxygens (including phenoxy) is 1. The maximum absolute atomic E-state index is 12.3. The molecule has 106 valence electrons. The van der Waals surface area contributed by atoms with Gasteiger partial charge in [-0.3, -0.25) is 4.72 Å². The molecule has 0 amide bonds. The molecule has 0 bridgehead atoms. The van der Waals surface area contributed by atoms with Gasteiger partial charge in [0.25, 0.3) is 10.0 Å². The van der Waals surface area contributed by atoms with E-state index in [1.165, 1.54) is 37.4 Å². The van der Waals surface area contributed by atoms with Crippen LogP contribution in [0, 0.1) is 0 Å². The lowest BCUT2D eigenvalue weighted by atomic mass is 10.3.